The van der Waals surface area contributed by atoms with Crippen LogP contribution in [-0.4, -0.2) is 29.8 Å². The lowest BCUT2D eigenvalue weighted by Gasteiger charge is -2.17. The van der Waals surface area contributed by atoms with Crippen LogP contribution in [-0.2, 0) is 0 Å². The molecule has 2 N–H and O–H groups in total. The van der Waals surface area contributed by atoms with E-state index in [-0.39, 0.29) is 18.6 Å². The quantitative estimate of drug-likeness (QED) is 0.878. The fourth-order valence-corrected chi connectivity index (χ4v) is 2.48. The zero-order valence-electron chi connectivity index (χ0n) is 11.6. The topological polar surface area (TPSA) is 58.6 Å². The molecule has 5 heteroatoms. The third-order valence-electron chi connectivity index (χ3n) is 3.34. The number of nitrogens with one attached hydrogen (secondary N) is 1. The minimum absolute atomic E-state index is 0.180. The fourth-order valence-electron chi connectivity index (χ4n) is 2.30. The van der Waals surface area contributed by atoms with Gasteiger partial charge in [0.1, 0.15) is 5.75 Å². The molecule has 0 spiro atoms. The maximum atomic E-state index is 12.1. The van der Waals surface area contributed by atoms with Crippen LogP contribution in [0.25, 0.3) is 0 Å². The Kier molecular flexibility index (Phi) is 5.26. The van der Waals surface area contributed by atoms with Gasteiger partial charge < -0.3 is 15.2 Å². The average molecular weight is 298 g/mol. The highest BCUT2D eigenvalue weighted by Gasteiger charge is 2.20. The van der Waals surface area contributed by atoms with Crippen LogP contribution in [0.2, 0.25) is 5.02 Å². The molecule has 0 saturated heterocycles. The SMILES string of the molecule is CC(O)CNC(=O)c1cc(Cl)ccc1OC1CCCC1. The first-order valence-corrected chi connectivity index (χ1v) is 7.36. The summed E-state index contributed by atoms with van der Waals surface area (Å²) in [4.78, 5) is 12.1. The standard InChI is InChI=1S/C15H20ClNO3/c1-10(18)9-17-15(19)13-8-11(16)6-7-14(13)20-12-4-2-3-5-12/h6-8,10,12,18H,2-5,9H2,1H3,(H,17,19). The summed E-state index contributed by atoms with van der Waals surface area (Å²) in [5.41, 5.74) is 0.421. The van der Waals surface area contributed by atoms with Crippen molar-refractivity contribution in [3.63, 3.8) is 0 Å². The van der Waals surface area contributed by atoms with Crippen LogP contribution >= 0.6 is 11.6 Å². The van der Waals surface area contributed by atoms with Gasteiger partial charge in [-0.25, -0.2) is 0 Å². The smallest absolute Gasteiger partial charge is 0.255 e. The molecule has 20 heavy (non-hydrogen) atoms. The largest absolute Gasteiger partial charge is 0.490 e. The van der Waals surface area contributed by atoms with Gasteiger partial charge in [-0.15, -0.1) is 0 Å². The summed E-state index contributed by atoms with van der Waals surface area (Å²) in [6.45, 7) is 1.82. The fraction of sp³-hybridized carbons (Fsp3) is 0.533. The lowest BCUT2D eigenvalue weighted by atomic mass is 10.1. The lowest BCUT2D eigenvalue weighted by molar-refractivity contribution is 0.0917. The number of halogens is 1. The van der Waals surface area contributed by atoms with Crippen molar-refractivity contribution in [3.8, 4) is 5.75 Å². The summed E-state index contributed by atoms with van der Waals surface area (Å²) in [6.07, 6.45) is 3.98. The van der Waals surface area contributed by atoms with Crippen LogP contribution in [0.1, 0.15) is 43.0 Å². The number of hydrogen-bond acceptors (Lipinski definition) is 3. The minimum atomic E-state index is -0.586. The van der Waals surface area contributed by atoms with Gasteiger partial charge in [0.2, 0.25) is 0 Å². The van der Waals surface area contributed by atoms with E-state index >= 15 is 0 Å². The van der Waals surface area contributed by atoms with Crippen LogP contribution in [0.4, 0.5) is 0 Å². The Balaban J connectivity index is 2.12. The number of carbonyl (C=O) groups is 1. The molecular weight excluding hydrogens is 278 g/mol. The van der Waals surface area contributed by atoms with E-state index in [0.717, 1.165) is 12.8 Å². The van der Waals surface area contributed by atoms with Gasteiger partial charge in [0.25, 0.3) is 5.91 Å². The molecule has 4 nitrogen and oxygen atoms in total. The van der Waals surface area contributed by atoms with Gasteiger partial charge in [-0.1, -0.05) is 11.6 Å². The number of rotatable bonds is 5. The Bertz CT molecular complexity index is 470. The lowest BCUT2D eigenvalue weighted by Crippen LogP contribution is -2.31. The summed E-state index contributed by atoms with van der Waals surface area (Å²) < 4.78 is 5.91. The highest BCUT2D eigenvalue weighted by Crippen LogP contribution is 2.28. The third kappa shape index (κ3) is 4.12. The van der Waals surface area contributed by atoms with E-state index < -0.39 is 6.10 Å². The monoisotopic (exact) mass is 297 g/mol. The normalized spacial score (nSPS) is 16.9. The predicted molar refractivity (Wildman–Crippen MR) is 78.4 cm³/mol. The average Bonchev–Trinajstić information content (AvgIpc) is 2.91. The Hall–Kier alpha value is -1.26. The van der Waals surface area contributed by atoms with Crippen LogP contribution in [0, 0.1) is 0 Å². The van der Waals surface area contributed by atoms with Gasteiger partial charge in [0.05, 0.1) is 17.8 Å². The van der Waals surface area contributed by atoms with Crippen molar-refractivity contribution in [1.29, 1.82) is 0 Å². The van der Waals surface area contributed by atoms with Crippen LogP contribution in [0.5, 0.6) is 5.75 Å². The molecule has 1 unspecified atom stereocenters. The first-order valence-electron chi connectivity index (χ1n) is 6.98. The molecule has 0 heterocycles. The molecule has 2 rings (SSSR count). The predicted octanol–water partition coefficient (Wildman–Crippen LogP) is 2.77. The minimum Gasteiger partial charge on any atom is -0.490 e. The molecule has 1 amide bonds. The van der Waals surface area contributed by atoms with Gasteiger partial charge in [0, 0.05) is 11.6 Å². The van der Waals surface area contributed by atoms with E-state index in [1.807, 2.05) is 0 Å². The Labute approximate surface area is 124 Å². The van der Waals surface area contributed by atoms with E-state index in [1.165, 1.54) is 12.8 Å². The van der Waals surface area contributed by atoms with Crippen LogP contribution in [0.15, 0.2) is 18.2 Å². The number of aliphatic hydroxyl groups is 1. The van der Waals surface area contributed by atoms with Gasteiger partial charge in [-0.05, 0) is 50.8 Å². The van der Waals surface area contributed by atoms with Gasteiger partial charge >= 0.3 is 0 Å². The molecule has 110 valence electrons. The van der Waals surface area contributed by atoms with E-state index in [2.05, 4.69) is 5.32 Å². The molecule has 1 atom stereocenters. The van der Waals surface area contributed by atoms with Crippen molar-refractivity contribution in [2.75, 3.05) is 6.54 Å². The highest BCUT2D eigenvalue weighted by atomic mass is 35.5. The van der Waals surface area contributed by atoms with Crippen LogP contribution < -0.4 is 10.1 Å². The first kappa shape index (κ1) is 15.1. The van der Waals surface area contributed by atoms with Gasteiger partial charge in [-0.3, -0.25) is 4.79 Å². The van der Waals surface area contributed by atoms with E-state index in [0.29, 0.717) is 16.3 Å². The zero-order chi connectivity index (χ0) is 14.5. The molecule has 1 aromatic carbocycles. The molecule has 1 aliphatic rings. The second-order valence-corrected chi connectivity index (χ2v) is 5.66. The van der Waals surface area contributed by atoms with Crippen molar-refractivity contribution < 1.29 is 14.6 Å². The Morgan fingerprint density at radius 1 is 1.50 bits per heavy atom. The number of ether oxygens (including phenoxy) is 1. The van der Waals surface area contributed by atoms with Gasteiger partial charge in [0.15, 0.2) is 0 Å². The molecule has 0 aliphatic heterocycles. The summed E-state index contributed by atoms with van der Waals surface area (Å²) in [6, 6.07) is 5.05. The van der Waals surface area contributed by atoms with Gasteiger partial charge in [-0.2, -0.15) is 0 Å². The first-order chi connectivity index (χ1) is 9.56. The molecule has 1 fully saturated rings. The number of hydrogen-bond donors (Lipinski definition) is 2. The molecule has 0 radical (unpaired) electrons. The van der Waals surface area contributed by atoms with E-state index in [9.17, 15) is 9.90 Å². The zero-order valence-corrected chi connectivity index (χ0v) is 12.3. The summed E-state index contributed by atoms with van der Waals surface area (Å²) in [7, 11) is 0. The number of benzene rings is 1. The van der Waals surface area contributed by atoms with Crippen molar-refractivity contribution in [2.24, 2.45) is 0 Å². The summed E-state index contributed by atoms with van der Waals surface area (Å²) in [5.74, 6) is 0.283. The number of carbonyl (C=O) groups excluding carboxylic acids is 1. The maximum Gasteiger partial charge on any atom is 0.255 e. The van der Waals surface area contributed by atoms with E-state index in [1.54, 1.807) is 25.1 Å². The second kappa shape index (κ2) is 6.95. The Morgan fingerprint density at radius 2 is 2.20 bits per heavy atom. The molecular formula is C15H20ClNO3. The third-order valence-corrected chi connectivity index (χ3v) is 3.58. The van der Waals surface area contributed by atoms with Crippen molar-refractivity contribution in [3.05, 3.63) is 28.8 Å². The van der Waals surface area contributed by atoms with E-state index in [4.69, 9.17) is 16.3 Å². The van der Waals surface area contributed by atoms with Crippen LogP contribution in [0.3, 0.4) is 0 Å². The molecule has 0 bridgehead atoms. The second-order valence-electron chi connectivity index (χ2n) is 5.22. The molecule has 0 aromatic heterocycles. The summed E-state index contributed by atoms with van der Waals surface area (Å²) in [5, 5.41) is 12.4. The maximum absolute atomic E-state index is 12.1. The number of amides is 1. The summed E-state index contributed by atoms with van der Waals surface area (Å²) >= 11 is 5.96. The van der Waals surface area contributed by atoms with Crippen molar-refractivity contribution in [1.82, 2.24) is 5.32 Å². The molecule has 1 aliphatic carbocycles. The Morgan fingerprint density at radius 3 is 2.85 bits per heavy atom. The molecule has 1 aromatic rings. The van der Waals surface area contributed by atoms with Crippen molar-refractivity contribution >= 4 is 17.5 Å². The number of aliphatic hydroxyl groups excluding tert-OH is 1. The van der Waals surface area contributed by atoms with Crippen molar-refractivity contribution in [2.45, 2.75) is 44.8 Å². The highest BCUT2D eigenvalue weighted by molar-refractivity contribution is 6.31. The molecule has 1 saturated carbocycles.